The molecular formula is C14H27NO4. The second-order valence-corrected chi connectivity index (χ2v) is 5.71. The van der Waals surface area contributed by atoms with E-state index in [1.165, 1.54) is 11.3 Å². The van der Waals surface area contributed by atoms with Crippen molar-refractivity contribution in [3.63, 3.8) is 0 Å². The summed E-state index contributed by atoms with van der Waals surface area (Å²) in [6, 6.07) is 0. The van der Waals surface area contributed by atoms with Crippen molar-refractivity contribution in [1.82, 2.24) is 4.90 Å². The lowest BCUT2D eigenvalue weighted by Crippen LogP contribution is -2.40. The van der Waals surface area contributed by atoms with Crippen molar-refractivity contribution in [3.8, 4) is 0 Å². The molecule has 5 heteroatoms. The summed E-state index contributed by atoms with van der Waals surface area (Å²) < 4.78 is 5.20. The lowest BCUT2D eigenvalue weighted by Gasteiger charge is -2.26. The Morgan fingerprint density at radius 1 is 1.11 bits per heavy atom. The minimum atomic E-state index is -1.01. The summed E-state index contributed by atoms with van der Waals surface area (Å²) in [5.41, 5.74) is -0.601. The summed E-state index contributed by atoms with van der Waals surface area (Å²) in [6.07, 6.45) is 4.71. The molecule has 0 aromatic rings. The quantitative estimate of drug-likeness (QED) is 0.689. The van der Waals surface area contributed by atoms with Crippen molar-refractivity contribution in [3.05, 3.63) is 0 Å². The molecule has 0 aliphatic heterocycles. The van der Waals surface area contributed by atoms with E-state index in [0.29, 0.717) is 6.54 Å². The standard InChI is InChI=1S/C14H27NO4/c1-5-6-7-8-9-10-15(11-12(16)17)13(18)19-14(2,3)4/h5-11H2,1-4H3,(H,16,17). The zero-order valence-electron chi connectivity index (χ0n) is 12.6. The van der Waals surface area contributed by atoms with Gasteiger partial charge in [0.2, 0.25) is 0 Å². The van der Waals surface area contributed by atoms with Gasteiger partial charge in [-0.25, -0.2) is 4.79 Å². The Morgan fingerprint density at radius 2 is 1.68 bits per heavy atom. The van der Waals surface area contributed by atoms with E-state index >= 15 is 0 Å². The summed E-state index contributed by atoms with van der Waals surface area (Å²) in [6.45, 7) is 7.58. The Kier molecular flexibility index (Phi) is 8.19. The maximum atomic E-state index is 11.9. The molecule has 0 rings (SSSR count). The molecule has 0 aromatic carbocycles. The number of ether oxygens (including phenoxy) is 1. The van der Waals surface area contributed by atoms with Crippen LogP contribution in [0, 0.1) is 0 Å². The summed E-state index contributed by atoms with van der Waals surface area (Å²) in [7, 11) is 0. The van der Waals surface area contributed by atoms with Crippen LogP contribution in [0.5, 0.6) is 0 Å². The van der Waals surface area contributed by atoms with Gasteiger partial charge in [-0.2, -0.15) is 0 Å². The Balaban J connectivity index is 4.22. The molecule has 0 saturated heterocycles. The zero-order chi connectivity index (χ0) is 14.9. The molecule has 0 aliphatic carbocycles. The van der Waals surface area contributed by atoms with Gasteiger partial charge in [-0.1, -0.05) is 32.6 Å². The van der Waals surface area contributed by atoms with Crippen LogP contribution in [0.2, 0.25) is 0 Å². The Bertz CT molecular complexity index is 284. The molecule has 5 nitrogen and oxygen atoms in total. The third-order valence-corrected chi connectivity index (χ3v) is 2.51. The van der Waals surface area contributed by atoms with Crippen molar-refractivity contribution >= 4 is 12.1 Å². The predicted octanol–water partition coefficient (Wildman–Crippen LogP) is 3.28. The molecule has 1 amide bonds. The van der Waals surface area contributed by atoms with E-state index < -0.39 is 17.7 Å². The molecule has 0 heterocycles. The minimum absolute atomic E-state index is 0.303. The van der Waals surface area contributed by atoms with Crippen molar-refractivity contribution in [2.24, 2.45) is 0 Å². The van der Waals surface area contributed by atoms with E-state index in [1.807, 2.05) is 0 Å². The van der Waals surface area contributed by atoms with Gasteiger partial charge in [0.05, 0.1) is 0 Å². The van der Waals surface area contributed by atoms with Crippen LogP contribution in [0.25, 0.3) is 0 Å². The van der Waals surface area contributed by atoms with E-state index in [0.717, 1.165) is 25.7 Å². The van der Waals surface area contributed by atoms with Crippen LogP contribution in [-0.2, 0) is 9.53 Å². The SMILES string of the molecule is CCCCCCCN(CC(=O)O)C(=O)OC(C)(C)C. The van der Waals surface area contributed by atoms with Crippen LogP contribution in [0.15, 0.2) is 0 Å². The molecule has 1 N–H and O–H groups in total. The molecule has 0 spiro atoms. The fourth-order valence-electron chi connectivity index (χ4n) is 1.63. The number of carboxylic acids is 1. The molecule has 0 unspecified atom stereocenters. The third kappa shape index (κ3) is 10.4. The number of unbranched alkanes of at least 4 members (excludes halogenated alkanes) is 4. The molecule has 0 fully saturated rings. The number of carbonyl (C=O) groups is 2. The third-order valence-electron chi connectivity index (χ3n) is 2.51. The summed E-state index contributed by atoms with van der Waals surface area (Å²) >= 11 is 0. The number of aliphatic carboxylic acids is 1. The fourth-order valence-corrected chi connectivity index (χ4v) is 1.63. The van der Waals surface area contributed by atoms with Crippen LogP contribution < -0.4 is 0 Å². The molecule has 0 aliphatic rings. The van der Waals surface area contributed by atoms with Gasteiger partial charge >= 0.3 is 12.1 Å². The smallest absolute Gasteiger partial charge is 0.410 e. The van der Waals surface area contributed by atoms with Gasteiger partial charge in [-0.3, -0.25) is 9.69 Å². The number of hydrogen-bond acceptors (Lipinski definition) is 3. The van der Waals surface area contributed by atoms with Gasteiger partial charge in [-0.15, -0.1) is 0 Å². The van der Waals surface area contributed by atoms with Crippen molar-refractivity contribution < 1.29 is 19.4 Å². The highest BCUT2D eigenvalue weighted by atomic mass is 16.6. The van der Waals surface area contributed by atoms with Gasteiger partial charge < -0.3 is 9.84 Å². The molecule has 0 radical (unpaired) electrons. The average Bonchev–Trinajstić information content (AvgIpc) is 2.24. The molecule has 19 heavy (non-hydrogen) atoms. The van der Waals surface area contributed by atoms with E-state index in [4.69, 9.17) is 9.84 Å². The highest BCUT2D eigenvalue weighted by molar-refractivity contribution is 5.76. The predicted molar refractivity (Wildman–Crippen MR) is 74.2 cm³/mol. The molecule has 0 atom stereocenters. The molecule has 0 aromatic heterocycles. The van der Waals surface area contributed by atoms with Gasteiger partial charge in [0.1, 0.15) is 12.1 Å². The van der Waals surface area contributed by atoms with Gasteiger partial charge in [0, 0.05) is 6.54 Å². The van der Waals surface area contributed by atoms with Crippen molar-refractivity contribution in [2.45, 2.75) is 65.4 Å². The first-order chi connectivity index (χ1) is 8.76. The van der Waals surface area contributed by atoms with Crippen LogP contribution in [0.1, 0.15) is 59.8 Å². The lowest BCUT2D eigenvalue weighted by molar-refractivity contribution is -0.138. The van der Waals surface area contributed by atoms with E-state index in [-0.39, 0.29) is 6.54 Å². The Hall–Kier alpha value is -1.26. The first kappa shape index (κ1) is 17.7. The molecule has 0 saturated carbocycles. The first-order valence-electron chi connectivity index (χ1n) is 6.96. The summed E-state index contributed by atoms with van der Waals surface area (Å²) in [5.74, 6) is -1.01. The number of carbonyl (C=O) groups excluding carboxylic acids is 1. The normalized spacial score (nSPS) is 11.2. The highest BCUT2D eigenvalue weighted by Gasteiger charge is 2.23. The second kappa shape index (κ2) is 8.77. The number of rotatable bonds is 8. The van der Waals surface area contributed by atoms with Crippen molar-refractivity contribution in [2.75, 3.05) is 13.1 Å². The summed E-state index contributed by atoms with van der Waals surface area (Å²) in [5, 5.41) is 8.82. The summed E-state index contributed by atoms with van der Waals surface area (Å²) in [4.78, 5) is 23.9. The zero-order valence-corrected chi connectivity index (χ0v) is 12.6. The second-order valence-electron chi connectivity index (χ2n) is 5.71. The first-order valence-corrected chi connectivity index (χ1v) is 6.96. The van der Waals surface area contributed by atoms with Crippen LogP contribution in [-0.4, -0.2) is 40.8 Å². The monoisotopic (exact) mass is 273 g/mol. The van der Waals surface area contributed by atoms with Crippen LogP contribution in [0.4, 0.5) is 4.79 Å². The minimum Gasteiger partial charge on any atom is -0.480 e. The van der Waals surface area contributed by atoms with Crippen LogP contribution >= 0.6 is 0 Å². The maximum absolute atomic E-state index is 11.9. The van der Waals surface area contributed by atoms with E-state index in [9.17, 15) is 9.59 Å². The van der Waals surface area contributed by atoms with Crippen LogP contribution in [0.3, 0.4) is 0 Å². The Morgan fingerprint density at radius 3 is 2.16 bits per heavy atom. The fraction of sp³-hybridized carbons (Fsp3) is 0.857. The number of nitrogens with zero attached hydrogens (tertiary/aromatic N) is 1. The molecular weight excluding hydrogens is 246 g/mol. The molecule has 0 bridgehead atoms. The largest absolute Gasteiger partial charge is 0.480 e. The number of amides is 1. The van der Waals surface area contributed by atoms with Crippen molar-refractivity contribution in [1.29, 1.82) is 0 Å². The topological polar surface area (TPSA) is 66.8 Å². The van der Waals surface area contributed by atoms with E-state index in [1.54, 1.807) is 20.8 Å². The number of hydrogen-bond donors (Lipinski definition) is 1. The molecule has 112 valence electrons. The van der Waals surface area contributed by atoms with Gasteiger partial charge in [-0.05, 0) is 27.2 Å². The average molecular weight is 273 g/mol. The maximum Gasteiger partial charge on any atom is 0.410 e. The lowest BCUT2D eigenvalue weighted by atomic mass is 10.1. The highest BCUT2D eigenvalue weighted by Crippen LogP contribution is 2.11. The Labute approximate surface area is 115 Å². The van der Waals surface area contributed by atoms with E-state index in [2.05, 4.69) is 6.92 Å². The van der Waals surface area contributed by atoms with Gasteiger partial charge in [0.15, 0.2) is 0 Å². The number of carboxylic acid groups (broad SMARTS) is 1. The van der Waals surface area contributed by atoms with Gasteiger partial charge in [0.25, 0.3) is 0 Å².